The summed E-state index contributed by atoms with van der Waals surface area (Å²) in [7, 11) is 0.127. The first-order valence-corrected chi connectivity index (χ1v) is 8.25. The van der Waals surface area contributed by atoms with Gasteiger partial charge in [-0.05, 0) is 38.4 Å². The highest BCUT2D eigenvalue weighted by molar-refractivity contribution is 9.10. The molecule has 0 saturated heterocycles. The molecule has 0 fully saturated rings. The molecule has 0 radical (unpaired) electrons. The van der Waals surface area contributed by atoms with E-state index in [-0.39, 0.29) is 17.3 Å². The van der Waals surface area contributed by atoms with Gasteiger partial charge in [-0.3, -0.25) is 4.79 Å². The average Bonchev–Trinajstić information content (AvgIpc) is 2.36. The number of carbonyl (C=O) groups is 1. The van der Waals surface area contributed by atoms with Crippen LogP contribution in [0.15, 0.2) is 33.6 Å². The van der Waals surface area contributed by atoms with Crippen LogP contribution in [-0.4, -0.2) is 53.0 Å². The van der Waals surface area contributed by atoms with Gasteiger partial charge in [0.05, 0.1) is 11.4 Å². The lowest BCUT2D eigenvalue weighted by atomic mass is 10.4. The Kier molecular flexibility index (Phi) is 6.60. The van der Waals surface area contributed by atoms with Gasteiger partial charge < -0.3 is 10.2 Å². The van der Waals surface area contributed by atoms with E-state index in [1.165, 1.54) is 12.1 Å². The third-order valence-electron chi connectivity index (χ3n) is 2.43. The maximum Gasteiger partial charge on any atom is 0.241 e. The van der Waals surface area contributed by atoms with E-state index in [2.05, 4.69) is 26.0 Å². The molecule has 1 aromatic rings. The molecular formula is C12H18BrN3O3S. The zero-order valence-corrected chi connectivity index (χ0v) is 13.8. The highest BCUT2D eigenvalue weighted by Crippen LogP contribution is 2.14. The molecule has 2 N–H and O–H groups in total. The van der Waals surface area contributed by atoms with Crippen LogP contribution in [-0.2, 0) is 14.8 Å². The Balaban J connectivity index is 2.47. The first-order chi connectivity index (χ1) is 9.31. The number of nitrogens with zero attached hydrogens (tertiary/aromatic N) is 1. The fourth-order valence-electron chi connectivity index (χ4n) is 1.34. The monoisotopic (exact) mass is 363 g/mol. The van der Waals surface area contributed by atoms with Gasteiger partial charge >= 0.3 is 0 Å². The van der Waals surface area contributed by atoms with Crippen molar-refractivity contribution in [1.82, 2.24) is 14.9 Å². The van der Waals surface area contributed by atoms with Crippen molar-refractivity contribution in [2.45, 2.75) is 4.90 Å². The number of hydrogen-bond acceptors (Lipinski definition) is 4. The Bertz CT molecular complexity index is 544. The van der Waals surface area contributed by atoms with E-state index in [1.807, 2.05) is 19.0 Å². The molecule has 0 aliphatic heterocycles. The predicted octanol–water partition coefficient (Wildman–Crippen LogP) is 0.405. The lowest BCUT2D eigenvalue weighted by molar-refractivity contribution is -0.119. The van der Waals surface area contributed by atoms with Crippen LogP contribution in [0.3, 0.4) is 0 Å². The molecule has 0 saturated carbocycles. The van der Waals surface area contributed by atoms with E-state index in [0.29, 0.717) is 13.1 Å². The Morgan fingerprint density at radius 2 is 1.85 bits per heavy atom. The molecule has 0 aliphatic carbocycles. The molecule has 0 aromatic heterocycles. The third-order valence-corrected chi connectivity index (χ3v) is 4.37. The normalized spacial score (nSPS) is 11.6. The summed E-state index contributed by atoms with van der Waals surface area (Å²) in [4.78, 5) is 13.5. The lowest BCUT2D eigenvalue weighted by Gasteiger charge is -2.11. The Morgan fingerprint density at radius 1 is 1.25 bits per heavy atom. The largest absolute Gasteiger partial charge is 0.354 e. The first-order valence-electron chi connectivity index (χ1n) is 5.98. The van der Waals surface area contributed by atoms with E-state index >= 15 is 0 Å². The minimum atomic E-state index is -3.66. The summed E-state index contributed by atoms with van der Waals surface area (Å²) in [6, 6.07) is 6.20. The maximum atomic E-state index is 11.9. The van der Waals surface area contributed by atoms with Gasteiger partial charge in [0.25, 0.3) is 0 Å². The number of amides is 1. The van der Waals surface area contributed by atoms with E-state index in [1.54, 1.807) is 12.1 Å². The SMILES string of the molecule is CN(C)CCNC(=O)CNS(=O)(=O)c1ccc(Br)cc1. The Hall–Kier alpha value is -0.960. The van der Waals surface area contributed by atoms with Crippen LogP contribution in [0, 0.1) is 0 Å². The van der Waals surface area contributed by atoms with Gasteiger partial charge in [0.2, 0.25) is 15.9 Å². The molecule has 20 heavy (non-hydrogen) atoms. The zero-order chi connectivity index (χ0) is 15.2. The van der Waals surface area contributed by atoms with Crippen molar-refractivity contribution in [2.75, 3.05) is 33.7 Å². The van der Waals surface area contributed by atoms with E-state index in [9.17, 15) is 13.2 Å². The van der Waals surface area contributed by atoms with E-state index in [4.69, 9.17) is 0 Å². The van der Waals surface area contributed by atoms with Crippen molar-refractivity contribution < 1.29 is 13.2 Å². The van der Waals surface area contributed by atoms with Crippen LogP contribution in [0.4, 0.5) is 0 Å². The summed E-state index contributed by atoms with van der Waals surface area (Å²) in [5.41, 5.74) is 0. The van der Waals surface area contributed by atoms with Crippen LogP contribution in [0.25, 0.3) is 0 Å². The second kappa shape index (κ2) is 7.72. The van der Waals surface area contributed by atoms with Crippen LogP contribution >= 0.6 is 15.9 Å². The minimum absolute atomic E-state index is 0.127. The second-order valence-corrected chi connectivity index (χ2v) is 7.11. The molecule has 8 heteroatoms. The van der Waals surface area contributed by atoms with Gasteiger partial charge in [0.15, 0.2) is 0 Å². The molecule has 0 atom stereocenters. The topological polar surface area (TPSA) is 78.5 Å². The quantitative estimate of drug-likeness (QED) is 0.735. The van der Waals surface area contributed by atoms with Crippen LogP contribution in [0.5, 0.6) is 0 Å². The third kappa shape index (κ3) is 6.00. The van der Waals surface area contributed by atoms with Gasteiger partial charge in [-0.15, -0.1) is 0 Å². The highest BCUT2D eigenvalue weighted by Gasteiger charge is 2.14. The van der Waals surface area contributed by atoms with Crippen molar-refractivity contribution in [3.05, 3.63) is 28.7 Å². The minimum Gasteiger partial charge on any atom is -0.354 e. The second-order valence-electron chi connectivity index (χ2n) is 4.43. The Labute approximate surface area is 127 Å². The predicted molar refractivity (Wildman–Crippen MR) is 80.9 cm³/mol. The molecule has 112 valence electrons. The number of hydrogen-bond donors (Lipinski definition) is 2. The highest BCUT2D eigenvalue weighted by atomic mass is 79.9. The van der Waals surface area contributed by atoms with Crippen LogP contribution in [0.1, 0.15) is 0 Å². The van der Waals surface area contributed by atoms with Gasteiger partial charge in [-0.2, -0.15) is 0 Å². The summed E-state index contributed by atoms with van der Waals surface area (Å²) in [5.74, 6) is -0.354. The Morgan fingerprint density at radius 3 is 2.40 bits per heavy atom. The van der Waals surface area contributed by atoms with Crippen molar-refractivity contribution in [1.29, 1.82) is 0 Å². The molecule has 1 aromatic carbocycles. The number of sulfonamides is 1. The number of nitrogens with one attached hydrogen (secondary N) is 2. The zero-order valence-electron chi connectivity index (χ0n) is 11.4. The van der Waals surface area contributed by atoms with Gasteiger partial charge in [0.1, 0.15) is 0 Å². The van der Waals surface area contributed by atoms with Crippen LogP contribution < -0.4 is 10.0 Å². The molecule has 6 nitrogen and oxygen atoms in total. The summed E-state index contributed by atoms with van der Waals surface area (Å²) < 4.78 is 26.9. The molecule has 0 aliphatic rings. The van der Waals surface area contributed by atoms with E-state index in [0.717, 1.165) is 4.47 Å². The summed E-state index contributed by atoms with van der Waals surface area (Å²) >= 11 is 3.23. The number of likely N-dealkylation sites (N-methyl/N-ethyl adjacent to an activating group) is 1. The number of carbonyl (C=O) groups excluding carboxylic acids is 1. The number of rotatable bonds is 7. The van der Waals surface area contributed by atoms with Crippen molar-refractivity contribution in [3.63, 3.8) is 0 Å². The molecule has 1 rings (SSSR count). The van der Waals surface area contributed by atoms with Crippen molar-refractivity contribution in [3.8, 4) is 0 Å². The summed E-state index contributed by atoms with van der Waals surface area (Å²) in [5, 5.41) is 2.63. The summed E-state index contributed by atoms with van der Waals surface area (Å²) in [6.07, 6.45) is 0. The van der Waals surface area contributed by atoms with Gasteiger partial charge in [0, 0.05) is 17.6 Å². The number of halogens is 1. The molecule has 0 bridgehead atoms. The maximum absolute atomic E-state index is 11.9. The molecule has 0 heterocycles. The first kappa shape index (κ1) is 17.1. The van der Waals surface area contributed by atoms with Crippen LogP contribution in [0.2, 0.25) is 0 Å². The summed E-state index contributed by atoms with van der Waals surface area (Å²) in [6.45, 7) is 0.906. The van der Waals surface area contributed by atoms with E-state index < -0.39 is 10.0 Å². The lowest BCUT2D eigenvalue weighted by Crippen LogP contribution is -2.39. The van der Waals surface area contributed by atoms with Gasteiger partial charge in [-0.1, -0.05) is 15.9 Å². The molecule has 0 unspecified atom stereocenters. The van der Waals surface area contributed by atoms with Crippen molar-refractivity contribution in [2.24, 2.45) is 0 Å². The smallest absolute Gasteiger partial charge is 0.241 e. The molecular weight excluding hydrogens is 346 g/mol. The fourth-order valence-corrected chi connectivity index (χ4v) is 2.59. The van der Waals surface area contributed by atoms with Gasteiger partial charge in [-0.25, -0.2) is 13.1 Å². The average molecular weight is 364 g/mol. The molecule has 0 spiro atoms. The fraction of sp³-hybridized carbons (Fsp3) is 0.417. The van der Waals surface area contributed by atoms with Crippen molar-refractivity contribution >= 4 is 31.9 Å². The number of benzene rings is 1. The molecule has 1 amide bonds. The standard InChI is InChI=1S/C12H18BrN3O3S/c1-16(2)8-7-14-12(17)9-15-20(18,19)11-5-3-10(13)4-6-11/h3-6,15H,7-9H2,1-2H3,(H,14,17).